The Hall–Kier alpha value is -0.970. The Kier molecular flexibility index (Phi) is 3.69. The number of nitrogens with two attached hydrogens (primary N) is 1. The summed E-state index contributed by atoms with van der Waals surface area (Å²) in [4.78, 5) is 10.1. The highest BCUT2D eigenvalue weighted by Gasteiger charge is 1.86. The van der Waals surface area contributed by atoms with Crippen molar-refractivity contribution in [3.63, 3.8) is 0 Å². The van der Waals surface area contributed by atoms with Crippen molar-refractivity contribution >= 4 is 6.03 Å². The first-order valence-corrected chi connectivity index (χ1v) is 2.19. The van der Waals surface area contributed by atoms with Gasteiger partial charge in [-0.25, -0.2) is 10.6 Å². The molecule has 5 nitrogen and oxygen atoms in total. The number of hydrogen-bond acceptors (Lipinski definition) is 3. The largest absolute Gasteiger partial charge is 0.373 e. The van der Waals surface area contributed by atoms with Crippen molar-refractivity contribution in [2.75, 3.05) is 6.54 Å². The number of nitrogens with zero attached hydrogens (tertiary/aromatic N) is 2. The SMILES string of the molecule is CCN=NC(=O)NN. The zero-order chi connectivity index (χ0) is 6.41. The molecular weight excluding hydrogens is 108 g/mol. The average molecular weight is 116 g/mol. The number of rotatable bonds is 1. The molecule has 0 aliphatic carbocycles. The molecule has 0 spiro atoms. The van der Waals surface area contributed by atoms with Crippen LogP contribution in [0.25, 0.3) is 0 Å². The molecule has 0 fully saturated rings. The van der Waals surface area contributed by atoms with Crippen molar-refractivity contribution in [1.82, 2.24) is 5.43 Å². The molecule has 0 aromatic carbocycles. The van der Waals surface area contributed by atoms with Crippen molar-refractivity contribution in [3.8, 4) is 0 Å². The highest BCUT2D eigenvalue weighted by molar-refractivity contribution is 5.73. The monoisotopic (exact) mass is 116 g/mol. The van der Waals surface area contributed by atoms with Gasteiger partial charge in [0.1, 0.15) is 0 Å². The second-order valence-corrected chi connectivity index (χ2v) is 1.01. The summed E-state index contributed by atoms with van der Waals surface area (Å²) in [6, 6.07) is -0.619. The van der Waals surface area contributed by atoms with Gasteiger partial charge in [0.2, 0.25) is 0 Å². The fourth-order valence-electron chi connectivity index (χ4n) is 0.164. The number of urea groups is 1. The van der Waals surface area contributed by atoms with Crippen LogP contribution in [0.5, 0.6) is 0 Å². The van der Waals surface area contributed by atoms with E-state index >= 15 is 0 Å². The summed E-state index contributed by atoms with van der Waals surface area (Å²) in [6.07, 6.45) is 0. The fourth-order valence-corrected chi connectivity index (χ4v) is 0.164. The third-order valence-electron chi connectivity index (χ3n) is 0.426. The van der Waals surface area contributed by atoms with Crippen molar-refractivity contribution in [3.05, 3.63) is 0 Å². The van der Waals surface area contributed by atoms with Crippen LogP contribution in [0.3, 0.4) is 0 Å². The molecule has 0 unspecified atom stereocenters. The number of hydrogen-bond donors (Lipinski definition) is 2. The van der Waals surface area contributed by atoms with Gasteiger partial charge in [-0.2, -0.15) is 5.11 Å². The Labute approximate surface area is 46.9 Å². The van der Waals surface area contributed by atoms with Crippen molar-refractivity contribution in [2.45, 2.75) is 6.92 Å². The van der Waals surface area contributed by atoms with Crippen LogP contribution in [-0.4, -0.2) is 12.6 Å². The Morgan fingerprint density at radius 2 is 2.50 bits per heavy atom. The molecule has 0 radical (unpaired) electrons. The second kappa shape index (κ2) is 4.20. The van der Waals surface area contributed by atoms with Crippen LogP contribution in [0.1, 0.15) is 6.92 Å². The first kappa shape index (κ1) is 7.03. The standard InChI is InChI=1S/C3H8N4O/c1-2-5-7-3(8)6-4/h2,4H2,1H3,(H,6,8). The molecular formula is C3H8N4O. The van der Waals surface area contributed by atoms with Crippen LogP contribution in [0, 0.1) is 0 Å². The number of carbonyl (C=O) groups excluding carboxylic acids is 1. The highest BCUT2D eigenvalue weighted by Crippen LogP contribution is 1.73. The molecule has 0 aliphatic rings. The number of azo groups is 1. The molecule has 0 aromatic heterocycles. The van der Waals surface area contributed by atoms with Gasteiger partial charge in [-0.3, -0.25) is 5.43 Å². The highest BCUT2D eigenvalue weighted by atomic mass is 16.2. The third kappa shape index (κ3) is 3.23. The molecule has 0 aliphatic heterocycles. The molecule has 5 heteroatoms. The van der Waals surface area contributed by atoms with Crippen LogP contribution < -0.4 is 11.3 Å². The second-order valence-electron chi connectivity index (χ2n) is 1.01. The quantitative estimate of drug-likeness (QED) is 0.219. The van der Waals surface area contributed by atoms with Crippen LogP contribution in [0.15, 0.2) is 10.2 Å². The van der Waals surface area contributed by atoms with E-state index in [1.807, 2.05) is 0 Å². The minimum Gasteiger partial charge on any atom is -0.273 e. The average Bonchev–Trinajstić information content (AvgIpc) is 1.83. The van der Waals surface area contributed by atoms with Gasteiger partial charge in [-0.1, -0.05) is 5.11 Å². The summed E-state index contributed by atoms with van der Waals surface area (Å²) in [5.41, 5.74) is 1.80. The topological polar surface area (TPSA) is 79.8 Å². The summed E-state index contributed by atoms with van der Waals surface area (Å²) in [7, 11) is 0. The lowest BCUT2D eigenvalue weighted by molar-refractivity contribution is 0.248. The zero-order valence-corrected chi connectivity index (χ0v) is 4.59. The predicted molar refractivity (Wildman–Crippen MR) is 28.1 cm³/mol. The number of nitrogens with one attached hydrogen (secondary N) is 1. The maximum Gasteiger partial charge on any atom is 0.373 e. The summed E-state index contributed by atoms with van der Waals surface area (Å²) in [5, 5.41) is 6.49. The van der Waals surface area contributed by atoms with Gasteiger partial charge in [-0.15, -0.1) is 0 Å². The van der Waals surface area contributed by atoms with E-state index in [9.17, 15) is 4.79 Å². The Balaban J connectivity index is 3.37. The lowest BCUT2D eigenvalue weighted by atomic mass is 10.8. The lowest BCUT2D eigenvalue weighted by Gasteiger charge is -1.84. The lowest BCUT2D eigenvalue weighted by Crippen LogP contribution is -2.26. The van der Waals surface area contributed by atoms with E-state index in [4.69, 9.17) is 0 Å². The molecule has 0 saturated carbocycles. The molecule has 3 N–H and O–H groups in total. The van der Waals surface area contributed by atoms with Gasteiger partial charge in [0, 0.05) is 0 Å². The fraction of sp³-hybridized carbons (Fsp3) is 0.667. The molecule has 0 bridgehead atoms. The number of carbonyl (C=O) groups is 1. The van der Waals surface area contributed by atoms with Gasteiger partial charge in [0.15, 0.2) is 0 Å². The first-order chi connectivity index (χ1) is 3.81. The van der Waals surface area contributed by atoms with E-state index in [0.717, 1.165) is 0 Å². The molecule has 46 valence electrons. The van der Waals surface area contributed by atoms with E-state index in [0.29, 0.717) is 6.54 Å². The zero-order valence-electron chi connectivity index (χ0n) is 4.59. The van der Waals surface area contributed by atoms with E-state index in [-0.39, 0.29) is 0 Å². The maximum atomic E-state index is 10.1. The van der Waals surface area contributed by atoms with E-state index in [1.165, 1.54) is 0 Å². The van der Waals surface area contributed by atoms with Gasteiger partial charge in [-0.05, 0) is 6.92 Å². The van der Waals surface area contributed by atoms with Crippen molar-refractivity contribution in [2.24, 2.45) is 16.1 Å². The molecule has 8 heavy (non-hydrogen) atoms. The minimum atomic E-state index is -0.619. The maximum absolute atomic E-state index is 10.1. The predicted octanol–water partition coefficient (Wildman–Crippen LogP) is 0.0418. The van der Waals surface area contributed by atoms with Gasteiger partial charge >= 0.3 is 6.03 Å². The van der Waals surface area contributed by atoms with Gasteiger partial charge in [0.05, 0.1) is 6.54 Å². The molecule has 0 aromatic rings. The summed E-state index contributed by atoms with van der Waals surface area (Å²) < 4.78 is 0. The molecule has 2 amide bonds. The first-order valence-electron chi connectivity index (χ1n) is 2.19. The van der Waals surface area contributed by atoms with Crippen molar-refractivity contribution in [1.29, 1.82) is 0 Å². The normalized spacial score (nSPS) is 9.75. The van der Waals surface area contributed by atoms with E-state index < -0.39 is 6.03 Å². The molecule has 0 saturated heterocycles. The number of amides is 2. The summed E-state index contributed by atoms with van der Waals surface area (Å²) in [6.45, 7) is 2.26. The number of hydrazine groups is 1. The summed E-state index contributed by atoms with van der Waals surface area (Å²) >= 11 is 0. The Bertz CT molecular complexity index is 99.5. The van der Waals surface area contributed by atoms with Gasteiger partial charge in [0.25, 0.3) is 0 Å². The molecule has 0 atom stereocenters. The van der Waals surface area contributed by atoms with Crippen LogP contribution in [-0.2, 0) is 0 Å². The van der Waals surface area contributed by atoms with Gasteiger partial charge < -0.3 is 0 Å². The van der Waals surface area contributed by atoms with Crippen LogP contribution in [0.2, 0.25) is 0 Å². The van der Waals surface area contributed by atoms with Crippen LogP contribution in [0.4, 0.5) is 4.79 Å². The smallest absolute Gasteiger partial charge is 0.273 e. The van der Waals surface area contributed by atoms with E-state index in [1.54, 1.807) is 12.3 Å². The molecule has 0 rings (SSSR count). The van der Waals surface area contributed by atoms with Crippen LogP contribution >= 0.6 is 0 Å². The van der Waals surface area contributed by atoms with Crippen molar-refractivity contribution < 1.29 is 4.79 Å². The Morgan fingerprint density at radius 3 is 2.88 bits per heavy atom. The van der Waals surface area contributed by atoms with E-state index in [2.05, 4.69) is 16.1 Å². The molecule has 0 heterocycles. The minimum absolute atomic E-state index is 0.493. The summed E-state index contributed by atoms with van der Waals surface area (Å²) in [5.74, 6) is 4.66. The Morgan fingerprint density at radius 1 is 1.88 bits per heavy atom. The third-order valence-corrected chi connectivity index (χ3v) is 0.426.